The van der Waals surface area contributed by atoms with Crippen molar-refractivity contribution in [1.29, 1.82) is 0 Å². The lowest BCUT2D eigenvalue weighted by Gasteiger charge is -2.09. The van der Waals surface area contributed by atoms with Gasteiger partial charge in [0.2, 0.25) is 0 Å². The zero-order chi connectivity index (χ0) is 13.9. The quantitative estimate of drug-likeness (QED) is 0.889. The summed E-state index contributed by atoms with van der Waals surface area (Å²) in [5.41, 5.74) is 0.768. The summed E-state index contributed by atoms with van der Waals surface area (Å²) in [5, 5.41) is 2.79. The number of sulfonamides is 1. The molecule has 2 rings (SSSR count). The Bertz CT molecular complexity index is 676. The number of nitrogens with one attached hydrogen (secondary N) is 2. The number of rotatable bonds is 3. The minimum atomic E-state index is -3.79. The van der Waals surface area contributed by atoms with Gasteiger partial charge in [0.1, 0.15) is 5.82 Å². The molecule has 1 heterocycles. The molecule has 6 heteroatoms. The van der Waals surface area contributed by atoms with Crippen LogP contribution >= 0.6 is 0 Å². The number of halogens is 1. The first-order valence-corrected chi connectivity index (χ1v) is 7.06. The predicted octanol–water partition coefficient (Wildman–Crippen LogP) is 1.93. The third-order valence-corrected chi connectivity index (χ3v) is 3.90. The van der Waals surface area contributed by atoms with Crippen molar-refractivity contribution in [3.05, 3.63) is 65.9 Å². The molecule has 0 radical (unpaired) electrons. The Morgan fingerprint density at radius 2 is 2.05 bits per heavy atom. The van der Waals surface area contributed by atoms with E-state index in [4.69, 9.17) is 0 Å². The van der Waals surface area contributed by atoms with Gasteiger partial charge in [-0.25, -0.2) is 12.8 Å². The van der Waals surface area contributed by atoms with Crippen molar-refractivity contribution >= 4 is 10.0 Å². The predicted molar refractivity (Wildman–Crippen MR) is 71.0 cm³/mol. The van der Waals surface area contributed by atoms with E-state index in [9.17, 15) is 12.8 Å². The molecule has 2 N–H and O–H groups in total. The molecule has 19 heavy (non-hydrogen) atoms. The number of hydrogen-bond donors (Lipinski definition) is 2. The lowest BCUT2D eigenvalue weighted by Crippen LogP contribution is -2.23. The van der Waals surface area contributed by atoms with Crippen molar-refractivity contribution in [2.75, 3.05) is 0 Å². The Labute approximate surface area is 111 Å². The summed E-state index contributed by atoms with van der Waals surface area (Å²) >= 11 is 0. The molecule has 0 atom stereocenters. The van der Waals surface area contributed by atoms with Crippen LogP contribution in [0, 0.1) is 12.7 Å². The van der Waals surface area contributed by atoms with Crippen LogP contribution in [0.2, 0.25) is 0 Å². The lowest BCUT2D eigenvalue weighted by molar-refractivity contribution is 0.583. The van der Waals surface area contributed by atoms with Crippen molar-refractivity contribution in [2.45, 2.75) is 11.8 Å². The Morgan fingerprint density at radius 1 is 1.26 bits per heavy atom. The van der Waals surface area contributed by atoms with E-state index in [0.29, 0.717) is 11.3 Å². The van der Waals surface area contributed by atoms with Crippen molar-refractivity contribution in [1.82, 2.24) is 10.0 Å². The summed E-state index contributed by atoms with van der Waals surface area (Å²) in [6.07, 6.45) is 8.16. The van der Waals surface area contributed by atoms with Crippen molar-refractivity contribution in [2.24, 2.45) is 0 Å². The second-order valence-corrected chi connectivity index (χ2v) is 5.68. The second kappa shape index (κ2) is 5.27. The van der Waals surface area contributed by atoms with Crippen LogP contribution in [-0.4, -0.2) is 8.42 Å². The molecule has 0 spiro atoms. The van der Waals surface area contributed by atoms with Gasteiger partial charge in [0, 0.05) is 12.4 Å². The van der Waals surface area contributed by atoms with Gasteiger partial charge in [0.05, 0.1) is 10.6 Å². The van der Waals surface area contributed by atoms with E-state index in [0.717, 1.165) is 6.07 Å². The third-order valence-electron chi connectivity index (χ3n) is 2.52. The maximum Gasteiger partial charge on any atom is 0.262 e. The molecule has 0 amide bonds. The fourth-order valence-corrected chi connectivity index (χ4v) is 2.54. The molecule has 1 aromatic carbocycles. The summed E-state index contributed by atoms with van der Waals surface area (Å²) in [6, 6.07) is 3.80. The first-order chi connectivity index (χ1) is 8.99. The van der Waals surface area contributed by atoms with Gasteiger partial charge in [0.15, 0.2) is 0 Å². The summed E-state index contributed by atoms with van der Waals surface area (Å²) in [7, 11) is -3.79. The highest BCUT2D eigenvalue weighted by atomic mass is 32.2. The van der Waals surface area contributed by atoms with E-state index < -0.39 is 15.8 Å². The first kappa shape index (κ1) is 13.4. The Morgan fingerprint density at radius 3 is 2.79 bits per heavy atom. The van der Waals surface area contributed by atoms with Crippen LogP contribution in [0.4, 0.5) is 4.39 Å². The number of allylic oxidation sites excluding steroid dienone is 3. The second-order valence-electron chi connectivity index (χ2n) is 4.00. The Balaban J connectivity index is 2.27. The van der Waals surface area contributed by atoms with Crippen LogP contribution in [0.1, 0.15) is 5.56 Å². The lowest BCUT2D eigenvalue weighted by atomic mass is 10.2. The maximum absolute atomic E-state index is 13.4. The van der Waals surface area contributed by atoms with Gasteiger partial charge in [-0.15, -0.1) is 0 Å². The van der Waals surface area contributed by atoms with Crippen LogP contribution in [0.25, 0.3) is 0 Å². The fraction of sp³-hybridized carbons (Fsp3) is 0.0769. The minimum Gasteiger partial charge on any atom is -0.366 e. The molecule has 0 saturated heterocycles. The highest BCUT2D eigenvalue weighted by molar-refractivity contribution is 7.89. The van der Waals surface area contributed by atoms with Crippen LogP contribution in [0.5, 0.6) is 0 Å². The van der Waals surface area contributed by atoms with Crippen LogP contribution < -0.4 is 10.0 Å². The Kier molecular flexibility index (Phi) is 3.71. The van der Waals surface area contributed by atoms with Gasteiger partial charge in [0.25, 0.3) is 10.0 Å². The largest absolute Gasteiger partial charge is 0.366 e. The average Bonchev–Trinajstić information content (AvgIpc) is 2.60. The SMILES string of the molecule is Cc1ccc(S(=O)(=O)NC2=CNC=CC=C2)cc1F. The summed E-state index contributed by atoms with van der Waals surface area (Å²) in [5.74, 6) is -0.548. The molecule has 0 fully saturated rings. The summed E-state index contributed by atoms with van der Waals surface area (Å²) < 4.78 is 39.9. The van der Waals surface area contributed by atoms with Crippen LogP contribution in [0.15, 0.2) is 59.4 Å². The van der Waals surface area contributed by atoms with E-state index in [-0.39, 0.29) is 4.90 Å². The zero-order valence-corrected chi connectivity index (χ0v) is 11.0. The molecular weight excluding hydrogens is 267 g/mol. The summed E-state index contributed by atoms with van der Waals surface area (Å²) in [6.45, 7) is 1.57. The number of aryl methyl sites for hydroxylation is 1. The highest BCUT2D eigenvalue weighted by Crippen LogP contribution is 2.15. The molecule has 0 aliphatic carbocycles. The van der Waals surface area contributed by atoms with Crippen LogP contribution in [-0.2, 0) is 10.0 Å². The molecule has 4 nitrogen and oxygen atoms in total. The van der Waals surface area contributed by atoms with Crippen molar-refractivity contribution < 1.29 is 12.8 Å². The molecule has 0 saturated carbocycles. The van der Waals surface area contributed by atoms with E-state index in [1.54, 1.807) is 31.4 Å². The van der Waals surface area contributed by atoms with Crippen LogP contribution in [0.3, 0.4) is 0 Å². The molecule has 1 aliphatic rings. The number of benzene rings is 1. The van der Waals surface area contributed by atoms with Crippen molar-refractivity contribution in [3.8, 4) is 0 Å². The van der Waals surface area contributed by atoms with E-state index in [2.05, 4.69) is 10.0 Å². The normalized spacial score (nSPS) is 14.5. The van der Waals surface area contributed by atoms with Gasteiger partial charge < -0.3 is 5.32 Å². The third kappa shape index (κ3) is 3.23. The van der Waals surface area contributed by atoms with Gasteiger partial charge in [-0.3, -0.25) is 4.72 Å². The molecular formula is C13H13FN2O2S. The smallest absolute Gasteiger partial charge is 0.262 e. The highest BCUT2D eigenvalue weighted by Gasteiger charge is 2.16. The van der Waals surface area contributed by atoms with Crippen molar-refractivity contribution in [3.63, 3.8) is 0 Å². The molecule has 0 aromatic heterocycles. The average molecular weight is 280 g/mol. The zero-order valence-electron chi connectivity index (χ0n) is 10.2. The molecule has 0 bridgehead atoms. The van der Waals surface area contributed by atoms with Gasteiger partial charge in [-0.2, -0.15) is 0 Å². The van der Waals surface area contributed by atoms with E-state index in [1.807, 2.05) is 0 Å². The fourth-order valence-electron chi connectivity index (χ4n) is 1.47. The minimum absolute atomic E-state index is 0.109. The standard InChI is InChI=1S/C13H13FN2O2S/c1-10-5-6-12(8-13(10)14)19(17,18)16-11-4-2-3-7-15-9-11/h2-9,15-16H,1H3. The van der Waals surface area contributed by atoms with Gasteiger partial charge >= 0.3 is 0 Å². The topological polar surface area (TPSA) is 58.2 Å². The molecule has 1 aromatic rings. The maximum atomic E-state index is 13.4. The van der Waals surface area contributed by atoms with E-state index >= 15 is 0 Å². The van der Waals surface area contributed by atoms with Gasteiger partial charge in [-0.1, -0.05) is 12.1 Å². The first-order valence-electron chi connectivity index (χ1n) is 5.57. The number of hydrogen-bond acceptors (Lipinski definition) is 3. The monoisotopic (exact) mass is 280 g/mol. The Hall–Kier alpha value is -2.08. The van der Waals surface area contributed by atoms with Gasteiger partial charge in [-0.05, 0) is 36.8 Å². The molecule has 0 unspecified atom stereocenters. The van der Waals surface area contributed by atoms with E-state index in [1.165, 1.54) is 18.3 Å². The summed E-state index contributed by atoms with van der Waals surface area (Å²) in [4.78, 5) is -0.109. The molecule has 1 aliphatic heterocycles. The molecule has 100 valence electrons.